The molecular formula is C20H24N2O3. The van der Waals surface area contributed by atoms with Gasteiger partial charge < -0.3 is 15.2 Å². The smallest absolute Gasteiger partial charge is 0.335 e. The van der Waals surface area contributed by atoms with Crippen LogP contribution in [0.2, 0.25) is 0 Å². The number of rotatable bonds is 2. The van der Waals surface area contributed by atoms with E-state index in [1.165, 1.54) is 12.7 Å². The van der Waals surface area contributed by atoms with Crippen LogP contribution in [0.5, 0.6) is 0 Å². The summed E-state index contributed by atoms with van der Waals surface area (Å²) >= 11 is 0. The molecule has 2 fully saturated rings. The largest absolute Gasteiger partial charge is 0.466 e. The highest BCUT2D eigenvalue weighted by Gasteiger charge is 2.65. The maximum atomic E-state index is 12.6. The van der Waals surface area contributed by atoms with E-state index in [0.717, 1.165) is 42.8 Å². The van der Waals surface area contributed by atoms with Crippen molar-refractivity contribution in [2.75, 3.05) is 19.0 Å². The summed E-state index contributed by atoms with van der Waals surface area (Å²) in [6.45, 7) is 2.86. The zero-order valence-electron chi connectivity index (χ0n) is 14.7. The van der Waals surface area contributed by atoms with E-state index in [1.54, 1.807) is 0 Å². The number of benzene rings is 1. The van der Waals surface area contributed by atoms with Crippen LogP contribution in [-0.2, 0) is 14.9 Å². The van der Waals surface area contributed by atoms with Gasteiger partial charge in [-0.15, -0.1) is 0 Å². The van der Waals surface area contributed by atoms with Gasteiger partial charge in [0.1, 0.15) is 0 Å². The number of para-hydroxylation sites is 1. The number of hydrogen-bond donors (Lipinski definition) is 2. The summed E-state index contributed by atoms with van der Waals surface area (Å²) in [4.78, 5) is 15.1. The first-order valence-electron chi connectivity index (χ1n) is 9.20. The Bertz CT molecular complexity index is 787. The van der Waals surface area contributed by atoms with Crippen LogP contribution in [0.25, 0.3) is 0 Å². The van der Waals surface area contributed by atoms with Crippen LogP contribution in [0.4, 0.5) is 5.69 Å². The first kappa shape index (κ1) is 15.4. The molecule has 25 heavy (non-hydrogen) atoms. The van der Waals surface area contributed by atoms with E-state index in [1.807, 2.05) is 13.0 Å². The molecule has 5 rings (SSSR count). The van der Waals surface area contributed by atoms with Crippen molar-refractivity contribution in [1.82, 2.24) is 4.90 Å². The molecule has 0 amide bonds. The van der Waals surface area contributed by atoms with Gasteiger partial charge >= 0.3 is 5.97 Å². The van der Waals surface area contributed by atoms with Crippen LogP contribution < -0.4 is 5.32 Å². The number of nitrogens with zero attached hydrogens (tertiary/aromatic N) is 1. The number of methoxy groups -OCH3 is 1. The normalized spacial score (nSPS) is 36.5. The van der Waals surface area contributed by atoms with Gasteiger partial charge in [0.2, 0.25) is 0 Å². The van der Waals surface area contributed by atoms with E-state index in [0.29, 0.717) is 12.0 Å². The van der Waals surface area contributed by atoms with Crippen LogP contribution in [0.3, 0.4) is 0 Å². The van der Waals surface area contributed by atoms with Crippen molar-refractivity contribution in [3.8, 4) is 0 Å². The quantitative estimate of drug-likeness (QED) is 0.807. The SMILES string of the molecule is COC(=O)C1=C2Nc3ccccc3C23CCN2C(C(C)O)CC(C1)C23. The third-order valence-electron chi connectivity index (χ3n) is 6.91. The molecule has 0 radical (unpaired) electrons. The Hall–Kier alpha value is -1.85. The Labute approximate surface area is 147 Å². The number of aliphatic hydroxyl groups excluding tert-OH is 1. The fraction of sp³-hybridized carbons (Fsp3) is 0.550. The number of ether oxygens (including phenoxy) is 1. The molecule has 4 aliphatic rings. The number of aliphatic hydroxyl groups is 1. The lowest BCUT2D eigenvalue weighted by atomic mass is 9.63. The van der Waals surface area contributed by atoms with Crippen LogP contribution in [0.15, 0.2) is 35.5 Å². The lowest BCUT2D eigenvalue weighted by Crippen LogP contribution is -2.48. The number of carbonyl (C=O) groups is 1. The van der Waals surface area contributed by atoms with Crippen LogP contribution in [0.1, 0.15) is 31.7 Å². The number of carbonyl (C=O) groups excluding carboxylic acids is 1. The predicted molar refractivity (Wildman–Crippen MR) is 94.1 cm³/mol. The van der Waals surface area contributed by atoms with Crippen molar-refractivity contribution < 1.29 is 14.6 Å². The monoisotopic (exact) mass is 340 g/mol. The van der Waals surface area contributed by atoms with Gasteiger partial charge in [-0.3, -0.25) is 4.90 Å². The Morgan fingerprint density at radius 1 is 1.44 bits per heavy atom. The van der Waals surface area contributed by atoms with Gasteiger partial charge in [0.25, 0.3) is 0 Å². The van der Waals surface area contributed by atoms with E-state index in [2.05, 4.69) is 28.4 Å². The number of hydrogen-bond acceptors (Lipinski definition) is 5. The minimum absolute atomic E-state index is 0.160. The highest BCUT2D eigenvalue weighted by molar-refractivity contribution is 5.93. The summed E-state index contributed by atoms with van der Waals surface area (Å²) < 4.78 is 5.12. The average molecular weight is 340 g/mol. The molecule has 3 heterocycles. The predicted octanol–water partition coefficient (Wildman–Crippen LogP) is 2.02. The van der Waals surface area contributed by atoms with Crippen molar-refractivity contribution >= 4 is 11.7 Å². The Morgan fingerprint density at radius 2 is 2.24 bits per heavy atom. The molecule has 5 unspecified atom stereocenters. The summed E-state index contributed by atoms with van der Waals surface area (Å²) in [5, 5.41) is 13.9. The Morgan fingerprint density at radius 3 is 3.00 bits per heavy atom. The van der Waals surface area contributed by atoms with Gasteiger partial charge in [0.05, 0.1) is 24.2 Å². The van der Waals surface area contributed by atoms with Crippen molar-refractivity contribution in [3.63, 3.8) is 0 Å². The van der Waals surface area contributed by atoms with Gasteiger partial charge in [-0.05, 0) is 43.7 Å². The minimum atomic E-state index is -0.351. The second-order valence-electron chi connectivity index (χ2n) is 7.93. The number of nitrogens with one attached hydrogen (secondary N) is 1. The van der Waals surface area contributed by atoms with E-state index >= 15 is 0 Å². The second-order valence-corrected chi connectivity index (χ2v) is 7.93. The van der Waals surface area contributed by atoms with Crippen molar-refractivity contribution in [2.45, 2.75) is 49.8 Å². The van der Waals surface area contributed by atoms with Crippen molar-refractivity contribution in [1.29, 1.82) is 0 Å². The fourth-order valence-corrected chi connectivity index (χ4v) is 6.11. The number of fused-ring (bicyclic) bond motifs is 1. The Balaban J connectivity index is 1.73. The molecule has 1 aliphatic carbocycles. The van der Waals surface area contributed by atoms with E-state index in [4.69, 9.17) is 4.74 Å². The summed E-state index contributed by atoms with van der Waals surface area (Å²) in [5.41, 5.74) is 4.10. The molecule has 2 N–H and O–H groups in total. The maximum absolute atomic E-state index is 12.6. The summed E-state index contributed by atoms with van der Waals surface area (Å²) in [6.07, 6.45) is 2.31. The molecule has 3 aliphatic heterocycles. The molecule has 0 saturated carbocycles. The molecular weight excluding hydrogens is 316 g/mol. The number of anilines is 1. The zero-order valence-corrected chi connectivity index (χ0v) is 14.7. The Kier molecular flexibility index (Phi) is 3.13. The third-order valence-corrected chi connectivity index (χ3v) is 6.91. The van der Waals surface area contributed by atoms with Gasteiger partial charge in [-0.2, -0.15) is 0 Å². The molecule has 1 aromatic rings. The average Bonchev–Trinajstić information content (AvgIpc) is 3.28. The molecule has 1 aromatic carbocycles. The zero-order chi connectivity index (χ0) is 17.3. The van der Waals surface area contributed by atoms with Crippen LogP contribution in [-0.4, -0.2) is 47.8 Å². The topological polar surface area (TPSA) is 61.8 Å². The molecule has 5 heteroatoms. The molecule has 5 nitrogen and oxygen atoms in total. The lowest BCUT2D eigenvalue weighted by molar-refractivity contribution is -0.136. The molecule has 132 valence electrons. The van der Waals surface area contributed by atoms with Gasteiger partial charge in [0.15, 0.2) is 0 Å². The number of esters is 1. The molecule has 0 bridgehead atoms. The third kappa shape index (κ3) is 1.78. The van der Waals surface area contributed by atoms with E-state index in [-0.39, 0.29) is 23.5 Å². The highest BCUT2D eigenvalue weighted by Crippen LogP contribution is 2.62. The fourth-order valence-electron chi connectivity index (χ4n) is 6.11. The van der Waals surface area contributed by atoms with Crippen LogP contribution >= 0.6 is 0 Å². The maximum Gasteiger partial charge on any atom is 0.335 e. The first-order valence-corrected chi connectivity index (χ1v) is 9.20. The lowest BCUT2D eigenvalue weighted by Gasteiger charge is -2.41. The van der Waals surface area contributed by atoms with Gasteiger partial charge in [-0.1, -0.05) is 18.2 Å². The van der Waals surface area contributed by atoms with E-state index in [9.17, 15) is 9.90 Å². The summed E-state index contributed by atoms with van der Waals surface area (Å²) in [6, 6.07) is 8.96. The molecule has 0 aromatic heterocycles. The van der Waals surface area contributed by atoms with Crippen molar-refractivity contribution in [2.24, 2.45) is 5.92 Å². The van der Waals surface area contributed by atoms with Crippen molar-refractivity contribution in [3.05, 3.63) is 41.1 Å². The first-order chi connectivity index (χ1) is 12.1. The second kappa shape index (κ2) is 5.08. The minimum Gasteiger partial charge on any atom is -0.466 e. The molecule has 1 spiro atoms. The summed E-state index contributed by atoms with van der Waals surface area (Å²) in [7, 11) is 1.46. The van der Waals surface area contributed by atoms with Gasteiger partial charge in [-0.25, -0.2) is 4.79 Å². The summed E-state index contributed by atoms with van der Waals surface area (Å²) in [5.74, 6) is 0.167. The van der Waals surface area contributed by atoms with Gasteiger partial charge in [0, 0.05) is 30.0 Å². The highest BCUT2D eigenvalue weighted by atomic mass is 16.5. The standard InChI is InChI=1S/C20H24N2O3/c1-11(23)16-10-12-9-13(19(24)25-2)17-20(7-8-22(16)18(12)20)14-5-3-4-6-15(14)21-17/h3-6,11-12,16,18,21,23H,7-10H2,1-2H3. The van der Waals surface area contributed by atoms with E-state index < -0.39 is 0 Å². The van der Waals surface area contributed by atoms with Crippen LogP contribution in [0, 0.1) is 5.92 Å². The molecule has 2 saturated heterocycles. The molecule has 5 atom stereocenters.